The summed E-state index contributed by atoms with van der Waals surface area (Å²) >= 11 is 0. The van der Waals surface area contributed by atoms with E-state index < -0.39 is 11.6 Å². The number of anilines is 1. The van der Waals surface area contributed by atoms with Crippen LogP contribution in [0.25, 0.3) is 32.9 Å². The van der Waals surface area contributed by atoms with E-state index in [1.54, 1.807) is 0 Å². The number of likely N-dealkylation sites (tertiary alicyclic amines) is 1. The smallest absolute Gasteiger partial charge is 0.227 e. The average Bonchev–Trinajstić information content (AvgIpc) is 3.63. The topological polar surface area (TPSA) is 74.6 Å². The molecule has 0 amide bonds. The van der Waals surface area contributed by atoms with Crippen LogP contribution in [0.15, 0.2) is 24.3 Å². The number of aromatic hydroxyl groups is 1. The Hall–Kier alpha value is -4.03. The largest absolute Gasteiger partial charge is 0.508 e. The molecule has 9 heteroatoms. The van der Waals surface area contributed by atoms with E-state index in [4.69, 9.17) is 26.1 Å². The molecular weight excluding hydrogens is 572 g/mol. The first-order valence-corrected chi connectivity index (χ1v) is 16.3. The molecule has 0 spiro atoms. The van der Waals surface area contributed by atoms with Crippen molar-refractivity contribution in [2.24, 2.45) is 11.8 Å². The third kappa shape index (κ3) is 4.77. The number of nitrogens with zero attached hydrogens (tertiary/aromatic N) is 5. The van der Waals surface area contributed by atoms with Crippen molar-refractivity contribution in [3.63, 3.8) is 0 Å². The van der Waals surface area contributed by atoms with Gasteiger partial charge in [-0.1, -0.05) is 24.8 Å². The normalized spacial score (nSPS) is 25.2. The van der Waals surface area contributed by atoms with Gasteiger partial charge in [0.1, 0.15) is 39.8 Å². The molecule has 4 bridgehead atoms. The standard InChI is InChI=1S/C36H37F2N5O2/c1-3-25-27(37)11-10-22-16-24(44)18-26(30(22)25)33-32(38)34-31-35-40-29(39-34)17-21(28-9-6-13-42(28)2)8-5-4-7-20-15-23(43(35)19-20)12-14-45-36(31)41-33/h1,10-11,16,18,20-21,23,28,44H,4-9,12-15,17,19H2,2H3. The van der Waals surface area contributed by atoms with E-state index in [0.717, 1.165) is 38.8 Å². The Balaban J connectivity index is 1.39. The third-order valence-electron chi connectivity index (χ3n) is 10.7. The van der Waals surface area contributed by atoms with E-state index in [0.29, 0.717) is 58.7 Å². The Kier molecular flexibility index (Phi) is 7.01. The first-order chi connectivity index (χ1) is 21.9. The molecule has 232 valence electrons. The van der Waals surface area contributed by atoms with Crippen LogP contribution in [0, 0.1) is 35.8 Å². The lowest BCUT2D eigenvalue weighted by atomic mass is 9.87. The Morgan fingerprint density at radius 3 is 2.71 bits per heavy atom. The van der Waals surface area contributed by atoms with Crippen molar-refractivity contribution in [3.8, 4) is 35.2 Å². The van der Waals surface area contributed by atoms with Gasteiger partial charge in [-0.3, -0.25) is 0 Å². The van der Waals surface area contributed by atoms with Crippen LogP contribution in [0.4, 0.5) is 14.6 Å². The van der Waals surface area contributed by atoms with Crippen molar-refractivity contribution < 1.29 is 18.6 Å². The van der Waals surface area contributed by atoms with Crippen LogP contribution in [0.5, 0.6) is 11.6 Å². The molecule has 2 aromatic heterocycles. The summed E-state index contributed by atoms with van der Waals surface area (Å²) in [6.07, 6.45) is 15.3. The van der Waals surface area contributed by atoms with Gasteiger partial charge in [-0.05, 0) is 81.1 Å². The second-order valence-electron chi connectivity index (χ2n) is 13.4. The molecule has 4 aliphatic rings. The van der Waals surface area contributed by atoms with Crippen molar-refractivity contribution in [1.82, 2.24) is 19.9 Å². The van der Waals surface area contributed by atoms with Gasteiger partial charge in [0.2, 0.25) is 5.88 Å². The highest BCUT2D eigenvalue weighted by Gasteiger charge is 2.38. The quantitative estimate of drug-likeness (QED) is 0.256. The summed E-state index contributed by atoms with van der Waals surface area (Å²) in [7, 11) is 2.21. The number of terminal acetylenes is 1. The molecule has 4 aliphatic heterocycles. The minimum absolute atomic E-state index is 0.0135. The molecule has 4 aromatic rings. The molecule has 4 atom stereocenters. The van der Waals surface area contributed by atoms with E-state index in [1.165, 1.54) is 49.9 Å². The number of ether oxygens (including phenoxy) is 1. The summed E-state index contributed by atoms with van der Waals surface area (Å²) in [6.45, 7) is 2.38. The summed E-state index contributed by atoms with van der Waals surface area (Å²) in [4.78, 5) is 19.7. The lowest BCUT2D eigenvalue weighted by Crippen LogP contribution is -2.35. The van der Waals surface area contributed by atoms with Gasteiger partial charge in [-0.15, -0.1) is 6.42 Å². The van der Waals surface area contributed by atoms with Gasteiger partial charge in [0.05, 0.1) is 12.2 Å². The highest BCUT2D eigenvalue weighted by molar-refractivity contribution is 6.04. The van der Waals surface area contributed by atoms with Gasteiger partial charge >= 0.3 is 0 Å². The van der Waals surface area contributed by atoms with Crippen molar-refractivity contribution in [1.29, 1.82) is 0 Å². The molecule has 45 heavy (non-hydrogen) atoms. The highest BCUT2D eigenvalue weighted by Crippen LogP contribution is 2.45. The molecule has 2 fully saturated rings. The number of pyridine rings is 1. The summed E-state index contributed by atoms with van der Waals surface area (Å²) in [5.74, 6) is 3.55. The summed E-state index contributed by atoms with van der Waals surface area (Å²) in [5.41, 5.74) is 0.241. The number of hydrogen-bond acceptors (Lipinski definition) is 7. The fraction of sp³-hybridized carbons (Fsp3) is 0.472. The Morgan fingerprint density at radius 2 is 1.89 bits per heavy atom. The maximum atomic E-state index is 17.1. The zero-order chi connectivity index (χ0) is 30.8. The molecule has 0 aliphatic carbocycles. The monoisotopic (exact) mass is 609 g/mol. The predicted molar refractivity (Wildman–Crippen MR) is 170 cm³/mol. The minimum Gasteiger partial charge on any atom is -0.508 e. The molecule has 0 saturated carbocycles. The molecule has 2 saturated heterocycles. The Morgan fingerprint density at radius 1 is 1.02 bits per heavy atom. The fourth-order valence-electron chi connectivity index (χ4n) is 8.59. The van der Waals surface area contributed by atoms with Crippen LogP contribution < -0.4 is 9.64 Å². The number of aromatic nitrogens is 3. The zero-order valence-electron chi connectivity index (χ0n) is 25.5. The van der Waals surface area contributed by atoms with Gasteiger partial charge in [-0.25, -0.2) is 23.7 Å². The third-order valence-corrected chi connectivity index (χ3v) is 10.7. The molecule has 7 nitrogen and oxygen atoms in total. The maximum absolute atomic E-state index is 17.1. The molecule has 4 unspecified atom stereocenters. The Bertz CT molecular complexity index is 1870. The summed E-state index contributed by atoms with van der Waals surface area (Å²) < 4.78 is 38.4. The van der Waals surface area contributed by atoms with E-state index in [1.807, 2.05) is 0 Å². The first-order valence-electron chi connectivity index (χ1n) is 16.3. The summed E-state index contributed by atoms with van der Waals surface area (Å²) in [6, 6.07) is 6.36. The molecule has 1 N–H and O–H groups in total. The highest BCUT2D eigenvalue weighted by atomic mass is 19.1. The molecule has 0 radical (unpaired) electrons. The second kappa shape index (κ2) is 11.1. The van der Waals surface area contributed by atoms with Crippen molar-refractivity contribution in [2.45, 2.75) is 69.9 Å². The average molecular weight is 610 g/mol. The zero-order valence-corrected chi connectivity index (χ0v) is 25.5. The van der Waals surface area contributed by atoms with Crippen LogP contribution in [0.2, 0.25) is 0 Å². The number of rotatable bonds is 2. The molecule has 2 aromatic carbocycles. The van der Waals surface area contributed by atoms with Crippen LogP contribution in [0.1, 0.15) is 62.8 Å². The number of phenols is 1. The van der Waals surface area contributed by atoms with Crippen molar-refractivity contribution >= 4 is 27.5 Å². The van der Waals surface area contributed by atoms with E-state index >= 15 is 4.39 Å². The Labute approximate surface area is 261 Å². The van der Waals surface area contributed by atoms with Crippen LogP contribution in [0.3, 0.4) is 0 Å². The van der Waals surface area contributed by atoms with Gasteiger partial charge in [0.25, 0.3) is 0 Å². The second-order valence-corrected chi connectivity index (χ2v) is 13.4. The number of fused-ring (bicyclic) bond motifs is 3. The maximum Gasteiger partial charge on any atom is 0.227 e. The van der Waals surface area contributed by atoms with Gasteiger partial charge < -0.3 is 19.6 Å². The van der Waals surface area contributed by atoms with Gasteiger partial charge in [0, 0.05) is 42.4 Å². The van der Waals surface area contributed by atoms with E-state index in [2.05, 4.69) is 22.8 Å². The SMILES string of the molecule is C#Cc1c(F)ccc2cc(O)cc(-c3nc4c5c6nc(nc5c3F)CC(C3CCCN3C)CCCCC3CC(CCO4)N6C3)c12. The molecule has 6 heterocycles. The lowest BCUT2D eigenvalue weighted by Gasteiger charge is -2.32. The summed E-state index contributed by atoms with van der Waals surface area (Å²) in [5, 5.41) is 11.9. The van der Waals surface area contributed by atoms with Gasteiger partial charge in [0.15, 0.2) is 5.82 Å². The fourth-order valence-corrected chi connectivity index (χ4v) is 8.59. The van der Waals surface area contributed by atoms with Crippen LogP contribution in [-0.2, 0) is 6.42 Å². The predicted octanol–water partition coefficient (Wildman–Crippen LogP) is 6.61. The lowest BCUT2D eigenvalue weighted by molar-refractivity contribution is 0.209. The van der Waals surface area contributed by atoms with E-state index in [-0.39, 0.29) is 40.0 Å². The van der Waals surface area contributed by atoms with Crippen molar-refractivity contribution in [3.05, 3.63) is 47.3 Å². The number of halogens is 2. The number of hydrogen-bond donors (Lipinski definition) is 1. The van der Waals surface area contributed by atoms with E-state index in [9.17, 15) is 9.50 Å². The number of phenolic OH excluding ortho intramolecular Hbond substituents is 1. The first kappa shape index (κ1) is 28.4. The van der Waals surface area contributed by atoms with Crippen LogP contribution in [-0.4, -0.2) is 63.8 Å². The number of benzene rings is 2. The minimum atomic E-state index is -0.657. The molecule has 8 rings (SSSR count). The van der Waals surface area contributed by atoms with Gasteiger partial charge in [-0.2, -0.15) is 0 Å². The van der Waals surface area contributed by atoms with Crippen molar-refractivity contribution in [2.75, 3.05) is 31.6 Å². The van der Waals surface area contributed by atoms with Crippen LogP contribution >= 0.6 is 0 Å². The molecular formula is C36H37F2N5O2.